The van der Waals surface area contributed by atoms with E-state index in [0.29, 0.717) is 18.7 Å². The van der Waals surface area contributed by atoms with Crippen LogP contribution in [0.15, 0.2) is 98.4 Å². The smallest absolute Gasteiger partial charge is 0.330 e. The number of aromatic nitrogens is 3. The first-order valence-electron chi connectivity index (χ1n) is 15.7. The zero-order valence-electron chi connectivity index (χ0n) is 26.2. The van der Waals surface area contributed by atoms with Crippen LogP contribution >= 0.6 is 23.1 Å². The number of aryl methyl sites for hydroxylation is 1. The molecule has 0 aliphatic carbocycles. The first-order valence-corrected chi connectivity index (χ1v) is 17.3. The Morgan fingerprint density at radius 1 is 0.826 bits per heavy atom. The molecule has 0 saturated heterocycles. The van der Waals surface area contributed by atoms with E-state index in [2.05, 4.69) is 71.8 Å². The van der Waals surface area contributed by atoms with E-state index >= 15 is 0 Å². The van der Waals surface area contributed by atoms with E-state index < -0.39 is 17.1 Å². The van der Waals surface area contributed by atoms with Crippen LogP contribution in [0.3, 0.4) is 0 Å². The Hall–Kier alpha value is -4.60. The second kappa shape index (κ2) is 12.0. The minimum Gasteiger partial charge on any atom is -0.859 e. The van der Waals surface area contributed by atoms with E-state index in [1.165, 1.54) is 9.13 Å². The summed E-state index contributed by atoms with van der Waals surface area (Å²) >= 11 is 3.26. The molecule has 0 N–H and O–H groups in total. The van der Waals surface area contributed by atoms with Crippen LogP contribution in [0.2, 0.25) is 0 Å². The highest BCUT2D eigenvalue weighted by atomic mass is 32.2. The summed E-state index contributed by atoms with van der Waals surface area (Å²) in [6, 6.07) is 25.2. The Balaban J connectivity index is 1.53. The first-order chi connectivity index (χ1) is 22.4. The molecular weight excluding hydrogens is 613 g/mol. The van der Waals surface area contributed by atoms with E-state index in [4.69, 9.17) is 0 Å². The largest absolute Gasteiger partial charge is 0.859 e. The van der Waals surface area contributed by atoms with Crippen LogP contribution in [0.5, 0.6) is 5.88 Å². The molecule has 0 radical (unpaired) electrons. The summed E-state index contributed by atoms with van der Waals surface area (Å²) in [4.78, 5) is 30.5. The lowest BCUT2D eigenvalue weighted by Crippen LogP contribution is -2.42. The fraction of sp³-hybridized carbons (Fsp3) is 0.216. The number of nitrogens with zero attached hydrogens (tertiary/aromatic N) is 4. The van der Waals surface area contributed by atoms with Crippen LogP contribution in [0.25, 0.3) is 43.4 Å². The first kappa shape index (κ1) is 30.1. The lowest BCUT2D eigenvalue weighted by Gasteiger charge is -2.23. The standard InChI is InChI=1S/C37H34N4O3S2/c1-5-38-30(45-28-19-17-23-13-9-11-15-26(23)33(28)38)21-25(32-35(42)40(7-3)37(44)41(8-4)36(32)43)22-31-39(6-2)34-27-16-12-10-14-24(27)18-20-29(34)46-31/h9-22H,5-8H2,1-4H3/b30-21-. The molecule has 0 unspecified atom stereocenters. The number of rotatable bonds is 7. The van der Waals surface area contributed by atoms with Crippen molar-refractivity contribution < 1.29 is 9.67 Å². The fourth-order valence-corrected chi connectivity index (χ4v) is 8.92. The molecule has 4 aromatic carbocycles. The summed E-state index contributed by atoms with van der Waals surface area (Å²) < 4.78 is 5.71. The van der Waals surface area contributed by atoms with Crippen LogP contribution in [0.4, 0.5) is 5.69 Å². The van der Waals surface area contributed by atoms with E-state index in [0.717, 1.165) is 52.4 Å². The van der Waals surface area contributed by atoms with Crippen molar-refractivity contribution in [2.75, 3.05) is 11.4 Å². The zero-order chi connectivity index (χ0) is 32.1. The number of fused-ring (bicyclic) bond motifs is 6. The van der Waals surface area contributed by atoms with Crippen molar-refractivity contribution in [2.24, 2.45) is 0 Å². The Morgan fingerprint density at radius 3 is 2.20 bits per heavy atom. The quantitative estimate of drug-likeness (QED) is 0.175. The number of thiazole rings is 1. The summed E-state index contributed by atoms with van der Waals surface area (Å²) in [5.41, 5.74) is 1.62. The second-order valence-electron chi connectivity index (χ2n) is 11.1. The molecule has 9 heteroatoms. The molecule has 232 valence electrons. The van der Waals surface area contributed by atoms with Crippen molar-refractivity contribution in [1.29, 1.82) is 0 Å². The molecule has 0 amide bonds. The van der Waals surface area contributed by atoms with Gasteiger partial charge in [0, 0.05) is 36.0 Å². The third-order valence-corrected chi connectivity index (χ3v) is 10.9. The molecule has 1 aliphatic heterocycles. The molecule has 7 nitrogen and oxygen atoms in total. The summed E-state index contributed by atoms with van der Waals surface area (Å²) in [5, 5.41) is 20.5. The van der Waals surface area contributed by atoms with Gasteiger partial charge in [-0.25, -0.2) is 4.79 Å². The van der Waals surface area contributed by atoms with Crippen molar-refractivity contribution in [2.45, 2.75) is 52.2 Å². The third-order valence-electron chi connectivity index (χ3n) is 8.72. The van der Waals surface area contributed by atoms with E-state index in [9.17, 15) is 14.7 Å². The monoisotopic (exact) mass is 646 g/mol. The molecule has 6 aromatic rings. The van der Waals surface area contributed by atoms with Crippen LogP contribution in [-0.2, 0) is 19.6 Å². The highest BCUT2D eigenvalue weighted by molar-refractivity contribution is 8.03. The van der Waals surface area contributed by atoms with Gasteiger partial charge in [-0.1, -0.05) is 77.7 Å². The molecule has 0 saturated carbocycles. The fourth-order valence-electron chi connectivity index (χ4n) is 6.53. The van der Waals surface area contributed by atoms with Gasteiger partial charge in [-0.3, -0.25) is 9.36 Å². The van der Waals surface area contributed by atoms with Gasteiger partial charge in [0.2, 0.25) is 5.52 Å². The maximum absolute atomic E-state index is 14.0. The van der Waals surface area contributed by atoms with Crippen molar-refractivity contribution >= 4 is 72.2 Å². The van der Waals surface area contributed by atoms with Gasteiger partial charge in [-0.2, -0.15) is 4.57 Å². The number of allylic oxidation sites excluding steroid dienone is 2. The average Bonchev–Trinajstić information content (AvgIpc) is 3.62. The number of hydrogen-bond acceptors (Lipinski definition) is 6. The van der Waals surface area contributed by atoms with Gasteiger partial charge in [-0.05, 0) is 74.2 Å². The molecule has 46 heavy (non-hydrogen) atoms. The second-order valence-corrected chi connectivity index (χ2v) is 13.3. The van der Waals surface area contributed by atoms with Crippen molar-refractivity contribution in [3.8, 4) is 5.88 Å². The molecule has 3 heterocycles. The van der Waals surface area contributed by atoms with Gasteiger partial charge in [0.25, 0.3) is 10.6 Å². The summed E-state index contributed by atoms with van der Waals surface area (Å²) in [7, 11) is 0. The normalized spacial score (nSPS) is 14.3. The van der Waals surface area contributed by atoms with Gasteiger partial charge in [0.05, 0.1) is 21.7 Å². The Morgan fingerprint density at radius 2 is 1.50 bits per heavy atom. The van der Waals surface area contributed by atoms with Gasteiger partial charge >= 0.3 is 5.69 Å². The molecule has 7 rings (SSSR count). The number of hydrogen-bond donors (Lipinski definition) is 0. The average molecular weight is 647 g/mol. The Kier molecular flexibility index (Phi) is 7.82. The highest BCUT2D eigenvalue weighted by Gasteiger charge is 2.28. The molecule has 1 aliphatic rings. The zero-order valence-corrected chi connectivity index (χ0v) is 27.9. The van der Waals surface area contributed by atoms with Crippen molar-refractivity contribution in [1.82, 2.24) is 9.13 Å². The maximum atomic E-state index is 14.0. The van der Waals surface area contributed by atoms with Crippen LogP contribution < -0.4 is 25.8 Å². The van der Waals surface area contributed by atoms with Gasteiger partial charge in [-0.15, -0.1) is 0 Å². The van der Waals surface area contributed by atoms with E-state index in [1.54, 1.807) is 36.9 Å². The minimum atomic E-state index is -0.572. The Labute approximate surface area is 275 Å². The predicted molar refractivity (Wildman–Crippen MR) is 190 cm³/mol. The predicted octanol–water partition coefficient (Wildman–Crippen LogP) is 6.97. The van der Waals surface area contributed by atoms with Gasteiger partial charge in [0.1, 0.15) is 11.2 Å². The van der Waals surface area contributed by atoms with Crippen molar-refractivity contribution in [3.05, 3.63) is 115 Å². The SMILES string of the molecule is CCN1/C(=C/C(=C\c2sc3ccc4ccccc4c3[n+]2CC)c2c([O-])n(CC)c(=O)n(CC)c2=O)Sc2ccc3ccccc3c21. The number of benzene rings is 4. The third kappa shape index (κ3) is 4.68. The lowest BCUT2D eigenvalue weighted by molar-refractivity contribution is -0.664. The molecule has 2 aromatic heterocycles. The molecule has 0 fully saturated rings. The van der Waals surface area contributed by atoms with Gasteiger partial charge in [0.15, 0.2) is 0 Å². The minimum absolute atomic E-state index is 0.0123. The van der Waals surface area contributed by atoms with Crippen LogP contribution in [-0.4, -0.2) is 15.7 Å². The summed E-state index contributed by atoms with van der Waals surface area (Å²) in [5.74, 6) is -0.561. The van der Waals surface area contributed by atoms with E-state index in [1.807, 2.05) is 36.4 Å². The number of thioether (sulfide) groups is 1. The molecule has 0 bridgehead atoms. The summed E-state index contributed by atoms with van der Waals surface area (Å²) in [6.45, 7) is 9.48. The molecular formula is C37H34N4O3S2. The van der Waals surface area contributed by atoms with Crippen LogP contribution in [0.1, 0.15) is 38.3 Å². The lowest BCUT2D eigenvalue weighted by atomic mass is 10.1. The maximum Gasteiger partial charge on any atom is 0.330 e. The van der Waals surface area contributed by atoms with Crippen molar-refractivity contribution in [3.63, 3.8) is 0 Å². The Bertz CT molecular complexity index is 2360. The summed E-state index contributed by atoms with van der Waals surface area (Å²) in [6.07, 6.45) is 3.93. The highest BCUT2D eigenvalue weighted by Crippen LogP contribution is 2.50. The van der Waals surface area contributed by atoms with E-state index in [-0.39, 0.29) is 18.7 Å². The number of anilines is 1. The van der Waals surface area contributed by atoms with Gasteiger partial charge < -0.3 is 14.6 Å². The molecule has 0 atom stereocenters. The van der Waals surface area contributed by atoms with Crippen LogP contribution in [0, 0.1) is 0 Å². The molecule has 0 spiro atoms. The topological polar surface area (TPSA) is 74.2 Å².